The van der Waals surface area contributed by atoms with Crippen LogP contribution in [0.1, 0.15) is 5.56 Å². The maximum atomic E-state index is 13.6. The van der Waals surface area contributed by atoms with Crippen LogP contribution in [0, 0.1) is 11.6 Å². The molecule has 2 aromatic carbocycles. The number of hydrogen-bond donors (Lipinski definition) is 1. The molecule has 0 bridgehead atoms. The van der Waals surface area contributed by atoms with E-state index in [-0.39, 0.29) is 17.7 Å². The summed E-state index contributed by atoms with van der Waals surface area (Å²) in [6.45, 7) is 0. The molecule has 112 valence electrons. The van der Waals surface area contributed by atoms with Gasteiger partial charge in [-0.15, -0.1) is 11.8 Å². The molecule has 0 aliphatic rings. The van der Waals surface area contributed by atoms with Gasteiger partial charge < -0.3 is 5.32 Å². The number of halogens is 3. The van der Waals surface area contributed by atoms with Gasteiger partial charge in [-0.2, -0.15) is 0 Å². The summed E-state index contributed by atoms with van der Waals surface area (Å²) in [5, 5.41) is 3.20. The van der Waals surface area contributed by atoms with E-state index in [9.17, 15) is 8.78 Å². The maximum Gasteiger partial charge on any atom is 0.136 e. The fourth-order valence-electron chi connectivity index (χ4n) is 1.96. The lowest BCUT2D eigenvalue weighted by Crippen LogP contribution is -2.30. The second kappa shape index (κ2) is 7.92. The number of benzene rings is 2. The molecule has 0 fully saturated rings. The van der Waals surface area contributed by atoms with Crippen molar-refractivity contribution in [3.63, 3.8) is 0 Å². The molecule has 2 aromatic rings. The van der Waals surface area contributed by atoms with E-state index in [1.54, 1.807) is 18.2 Å². The van der Waals surface area contributed by atoms with Crippen molar-refractivity contribution < 1.29 is 8.78 Å². The summed E-state index contributed by atoms with van der Waals surface area (Å²) in [4.78, 5) is 0.635. The first-order valence-electron chi connectivity index (χ1n) is 6.58. The Morgan fingerprint density at radius 2 is 1.95 bits per heavy atom. The molecule has 5 heteroatoms. The van der Waals surface area contributed by atoms with Crippen LogP contribution in [0.25, 0.3) is 0 Å². The van der Waals surface area contributed by atoms with Crippen LogP contribution in [0.2, 0.25) is 0 Å². The van der Waals surface area contributed by atoms with E-state index < -0.39 is 0 Å². The minimum absolute atomic E-state index is 0.132. The van der Waals surface area contributed by atoms with E-state index in [1.807, 2.05) is 13.1 Å². The lowest BCUT2D eigenvalue weighted by atomic mass is 10.1. The zero-order valence-corrected chi connectivity index (χ0v) is 14.0. The Morgan fingerprint density at radius 3 is 2.67 bits per heavy atom. The first kappa shape index (κ1) is 16.5. The number of nitrogens with one attached hydrogen (secondary N) is 1. The third-order valence-corrected chi connectivity index (χ3v) is 5.14. The van der Waals surface area contributed by atoms with Crippen molar-refractivity contribution >= 4 is 27.7 Å². The Labute approximate surface area is 136 Å². The van der Waals surface area contributed by atoms with Gasteiger partial charge in [0.15, 0.2) is 0 Å². The van der Waals surface area contributed by atoms with Crippen LogP contribution in [-0.4, -0.2) is 18.8 Å². The monoisotopic (exact) mass is 371 g/mol. The van der Waals surface area contributed by atoms with Gasteiger partial charge in [0.05, 0.1) is 0 Å². The molecular weight excluding hydrogens is 356 g/mol. The zero-order valence-electron chi connectivity index (χ0n) is 11.6. The summed E-state index contributed by atoms with van der Waals surface area (Å²) < 4.78 is 27.8. The normalized spacial score (nSPS) is 12.4. The SMILES string of the molecule is CNC(CSc1ccccc1F)Cc1cc(F)ccc1Br. The van der Waals surface area contributed by atoms with E-state index in [2.05, 4.69) is 21.2 Å². The molecule has 1 nitrogen and oxygen atoms in total. The molecule has 0 amide bonds. The van der Waals surface area contributed by atoms with Gasteiger partial charge in [-0.05, 0) is 49.4 Å². The quantitative estimate of drug-likeness (QED) is 0.741. The minimum Gasteiger partial charge on any atom is -0.316 e. The van der Waals surface area contributed by atoms with Crippen molar-refractivity contribution in [3.8, 4) is 0 Å². The van der Waals surface area contributed by atoms with Crippen LogP contribution in [0.4, 0.5) is 8.78 Å². The molecule has 0 spiro atoms. The molecule has 1 unspecified atom stereocenters. The van der Waals surface area contributed by atoms with Gasteiger partial charge in [-0.25, -0.2) is 8.78 Å². The van der Waals surface area contributed by atoms with Crippen LogP contribution in [0.3, 0.4) is 0 Å². The highest BCUT2D eigenvalue weighted by Gasteiger charge is 2.12. The Balaban J connectivity index is 2.00. The summed E-state index contributed by atoms with van der Waals surface area (Å²) in [5.74, 6) is 0.259. The zero-order chi connectivity index (χ0) is 15.2. The van der Waals surface area contributed by atoms with Gasteiger partial charge in [0.25, 0.3) is 0 Å². The van der Waals surface area contributed by atoms with Crippen LogP contribution in [0.5, 0.6) is 0 Å². The summed E-state index contributed by atoms with van der Waals surface area (Å²) in [6.07, 6.45) is 0.677. The molecule has 0 saturated carbocycles. The topological polar surface area (TPSA) is 12.0 Å². The highest BCUT2D eigenvalue weighted by Crippen LogP contribution is 2.24. The van der Waals surface area contributed by atoms with Crippen molar-refractivity contribution in [2.75, 3.05) is 12.8 Å². The molecule has 21 heavy (non-hydrogen) atoms. The average molecular weight is 372 g/mol. The first-order chi connectivity index (χ1) is 10.1. The smallest absolute Gasteiger partial charge is 0.136 e. The van der Waals surface area contributed by atoms with E-state index >= 15 is 0 Å². The van der Waals surface area contributed by atoms with E-state index in [1.165, 1.54) is 30.0 Å². The Kier molecular flexibility index (Phi) is 6.21. The molecule has 1 atom stereocenters. The number of thioether (sulfide) groups is 1. The second-order valence-electron chi connectivity index (χ2n) is 4.67. The summed E-state index contributed by atoms with van der Waals surface area (Å²) in [6, 6.07) is 11.5. The minimum atomic E-state index is -0.246. The highest BCUT2D eigenvalue weighted by atomic mass is 79.9. The largest absolute Gasteiger partial charge is 0.316 e. The van der Waals surface area contributed by atoms with Crippen molar-refractivity contribution in [1.29, 1.82) is 0 Å². The van der Waals surface area contributed by atoms with Crippen LogP contribution in [0.15, 0.2) is 51.8 Å². The predicted molar refractivity (Wildman–Crippen MR) is 87.8 cm³/mol. The summed E-state index contributed by atoms with van der Waals surface area (Å²) in [7, 11) is 1.86. The summed E-state index contributed by atoms with van der Waals surface area (Å²) >= 11 is 4.90. The van der Waals surface area contributed by atoms with Gasteiger partial charge in [0, 0.05) is 21.2 Å². The van der Waals surface area contributed by atoms with Gasteiger partial charge in [0.1, 0.15) is 11.6 Å². The van der Waals surface area contributed by atoms with Crippen LogP contribution in [-0.2, 0) is 6.42 Å². The molecule has 0 saturated heterocycles. The number of rotatable bonds is 6. The number of hydrogen-bond acceptors (Lipinski definition) is 2. The van der Waals surface area contributed by atoms with Gasteiger partial charge >= 0.3 is 0 Å². The first-order valence-corrected chi connectivity index (χ1v) is 8.36. The van der Waals surface area contributed by atoms with Gasteiger partial charge in [0.2, 0.25) is 0 Å². The number of likely N-dealkylation sites (N-methyl/N-ethyl adjacent to an activating group) is 1. The standard InChI is InChI=1S/C16H16BrF2NS/c1-20-13(9-11-8-12(18)6-7-14(11)17)10-21-16-5-3-2-4-15(16)19/h2-8,13,20H,9-10H2,1H3. The fourth-order valence-corrected chi connectivity index (χ4v) is 3.42. The van der Waals surface area contributed by atoms with E-state index in [4.69, 9.17) is 0 Å². The Morgan fingerprint density at radius 1 is 1.19 bits per heavy atom. The van der Waals surface area contributed by atoms with E-state index in [0.717, 1.165) is 10.0 Å². The van der Waals surface area contributed by atoms with E-state index in [0.29, 0.717) is 17.1 Å². The van der Waals surface area contributed by atoms with Crippen molar-refractivity contribution in [1.82, 2.24) is 5.32 Å². The average Bonchev–Trinajstić information content (AvgIpc) is 2.48. The van der Waals surface area contributed by atoms with Gasteiger partial charge in [-0.1, -0.05) is 28.1 Å². The molecule has 0 aromatic heterocycles. The highest BCUT2D eigenvalue weighted by molar-refractivity contribution is 9.10. The third-order valence-electron chi connectivity index (χ3n) is 3.16. The lowest BCUT2D eigenvalue weighted by molar-refractivity contribution is 0.595. The van der Waals surface area contributed by atoms with Crippen molar-refractivity contribution in [2.45, 2.75) is 17.4 Å². The second-order valence-corrected chi connectivity index (χ2v) is 6.58. The molecule has 1 N–H and O–H groups in total. The summed E-state index contributed by atoms with van der Waals surface area (Å²) in [5.41, 5.74) is 0.906. The Hall–Kier alpha value is -0.910. The van der Waals surface area contributed by atoms with Crippen molar-refractivity contribution in [2.24, 2.45) is 0 Å². The fraction of sp³-hybridized carbons (Fsp3) is 0.250. The molecule has 2 rings (SSSR count). The predicted octanol–water partition coefficient (Wildman–Crippen LogP) is 4.65. The van der Waals surface area contributed by atoms with Crippen LogP contribution < -0.4 is 5.32 Å². The molecular formula is C16H16BrF2NS. The molecule has 0 aliphatic heterocycles. The molecule has 0 heterocycles. The maximum absolute atomic E-state index is 13.6. The van der Waals surface area contributed by atoms with Gasteiger partial charge in [-0.3, -0.25) is 0 Å². The molecule has 0 radical (unpaired) electrons. The Bertz CT molecular complexity index is 607. The lowest BCUT2D eigenvalue weighted by Gasteiger charge is -2.17. The van der Waals surface area contributed by atoms with Crippen LogP contribution >= 0.6 is 27.7 Å². The third kappa shape index (κ3) is 4.80. The van der Waals surface area contributed by atoms with Crippen molar-refractivity contribution in [3.05, 3.63) is 64.1 Å². The molecule has 0 aliphatic carbocycles.